The third-order valence-corrected chi connectivity index (χ3v) is 4.28. The van der Waals surface area contributed by atoms with E-state index in [9.17, 15) is 4.79 Å². The predicted octanol–water partition coefficient (Wildman–Crippen LogP) is 2.36. The Morgan fingerprint density at radius 3 is 2.88 bits per heavy atom. The second-order valence-corrected chi connectivity index (χ2v) is 5.65. The molecule has 17 heavy (non-hydrogen) atoms. The monoisotopic (exact) mass is 367 g/mol. The van der Waals surface area contributed by atoms with Crippen LogP contribution in [0.25, 0.3) is 0 Å². The zero-order valence-electron chi connectivity index (χ0n) is 9.46. The number of aromatic amines is 1. The summed E-state index contributed by atoms with van der Waals surface area (Å²) >= 11 is 7.91. The van der Waals surface area contributed by atoms with Crippen molar-refractivity contribution in [3.05, 3.63) is 20.3 Å². The first-order valence-electron chi connectivity index (χ1n) is 5.80. The predicted molar refractivity (Wildman–Crippen MR) is 77.9 cm³/mol. The van der Waals surface area contributed by atoms with Crippen LogP contribution in [0.4, 0.5) is 5.82 Å². The molecule has 1 fully saturated rings. The molecule has 6 heteroatoms. The van der Waals surface area contributed by atoms with Gasteiger partial charge in [-0.15, -0.1) is 11.6 Å². The van der Waals surface area contributed by atoms with Gasteiger partial charge in [0.05, 0.1) is 6.33 Å². The van der Waals surface area contributed by atoms with Gasteiger partial charge in [0.2, 0.25) is 0 Å². The summed E-state index contributed by atoms with van der Waals surface area (Å²) in [7, 11) is 0. The topological polar surface area (TPSA) is 49.0 Å². The van der Waals surface area contributed by atoms with Gasteiger partial charge in [-0.05, 0) is 35.4 Å². The van der Waals surface area contributed by atoms with Crippen molar-refractivity contribution in [3.8, 4) is 0 Å². The summed E-state index contributed by atoms with van der Waals surface area (Å²) in [5.41, 5.74) is -0.0758. The molecule has 2 rings (SSSR count). The van der Waals surface area contributed by atoms with Crippen molar-refractivity contribution in [2.75, 3.05) is 17.3 Å². The molecule has 1 aliphatic carbocycles. The number of rotatable bonds is 4. The van der Waals surface area contributed by atoms with Crippen molar-refractivity contribution in [2.45, 2.75) is 31.7 Å². The van der Waals surface area contributed by atoms with E-state index in [0.717, 1.165) is 12.4 Å². The fourth-order valence-electron chi connectivity index (χ4n) is 2.34. The first-order chi connectivity index (χ1) is 8.24. The number of nitrogens with zero attached hydrogens (tertiary/aromatic N) is 2. The van der Waals surface area contributed by atoms with Crippen LogP contribution < -0.4 is 10.5 Å². The summed E-state index contributed by atoms with van der Waals surface area (Å²) in [6.07, 6.45) is 6.31. The third-order valence-electron chi connectivity index (χ3n) is 3.14. The molecule has 0 radical (unpaired) electrons. The molecule has 1 aliphatic rings. The van der Waals surface area contributed by atoms with Gasteiger partial charge in [-0.3, -0.25) is 4.79 Å². The largest absolute Gasteiger partial charge is 0.351 e. The standard InChI is InChI=1S/C11H15ClIN3O/c12-5-6-16(8-3-1-2-4-8)10-9(13)11(17)15-7-14-10/h7-8H,1-6H2,(H,14,15,17). The highest BCUT2D eigenvalue weighted by Gasteiger charge is 2.25. The maximum atomic E-state index is 11.6. The lowest BCUT2D eigenvalue weighted by Gasteiger charge is -2.29. The highest BCUT2D eigenvalue weighted by Crippen LogP contribution is 2.28. The number of hydrogen-bond donors (Lipinski definition) is 1. The first kappa shape index (κ1) is 13.1. The number of halogens is 2. The van der Waals surface area contributed by atoms with Gasteiger partial charge >= 0.3 is 0 Å². The molecule has 0 unspecified atom stereocenters. The van der Waals surface area contributed by atoms with Crippen LogP contribution >= 0.6 is 34.2 Å². The minimum atomic E-state index is -0.0758. The normalized spacial score (nSPS) is 16.4. The second-order valence-electron chi connectivity index (χ2n) is 4.19. The lowest BCUT2D eigenvalue weighted by Crippen LogP contribution is -2.37. The first-order valence-corrected chi connectivity index (χ1v) is 7.41. The molecule has 0 aliphatic heterocycles. The van der Waals surface area contributed by atoms with Gasteiger partial charge in [-0.2, -0.15) is 0 Å². The van der Waals surface area contributed by atoms with Crippen LogP contribution in [0.1, 0.15) is 25.7 Å². The van der Waals surface area contributed by atoms with Gasteiger partial charge in [-0.1, -0.05) is 12.8 Å². The molecule has 1 aromatic heterocycles. The average Bonchev–Trinajstić information content (AvgIpc) is 2.84. The molecule has 1 heterocycles. The summed E-state index contributed by atoms with van der Waals surface area (Å²) in [5, 5.41) is 0. The molecule has 0 atom stereocenters. The van der Waals surface area contributed by atoms with Crippen LogP contribution in [0.5, 0.6) is 0 Å². The van der Waals surface area contributed by atoms with Gasteiger partial charge < -0.3 is 9.88 Å². The molecule has 0 spiro atoms. The highest BCUT2D eigenvalue weighted by atomic mass is 127. The summed E-state index contributed by atoms with van der Waals surface area (Å²) in [6.45, 7) is 0.749. The van der Waals surface area contributed by atoms with Gasteiger partial charge in [0.25, 0.3) is 5.56 Å². The van der Waals surface area contributed by atoms with Gasteiger partial charge in [-0.25, -0.2) is 4.98 Å². The summed E-state index contributed by atoms with van der Waals surface area (Å²) in [6, 6.07) is 0.483. The fourth-order valence-corrected chi connectivity index (χ4v) is 3.13. The quantitative estimate of drug-likeness (QED) is 0.656. The highest BCUT2D eigenvalue weighted by molar-refractivity contribution is 14.1. The van der Waals surface area contributed by atoms with E-state index >= 15 is 0 Å². The number of nitrogens with one attached hydrogen (secondary N) is 1. The van der Waals surface area contributed by atoms with Crippen molar-refractivity contribution in [2.24, 2.45) is 0 Å². The number of hydrogen-bond acceptors (Lipinski definition) is 3. The second kappa shape index (κ2) is 6.04. The number of anilines is 1. The van der Waals surface area contributed by atoms with E-state index < -0.39 is 0 Å². The van der Waals surface area contributed by atoms with Crippen LogP contribution in [-0.4, -0.2) is 28.4 Å². The van der Waals surface area contributed by atoms with Crippen LogP contribution in [0.3, 0.4) is 0 Å². The lowest BCUT2D eigenvalue weighted by atomic mass is 10.2. The molecule has 1 N–H and O–H groups in total. The van der Waals surface area contributed by atoms with Gasteiger partial charge in [0.1, 0.15) is 9.39 Å². The maximum Gasteiger partial charge on any atom is 0.266 e. The Hall–Kier alpha value is -0.300. The minimum absolute atomic E-state index is 0.0758. The Kier molecular flexibility index (Phi) is 4.67. The molecular formula is C11H15ClIN3O. The van der Waals surface area contributed by atoms with Crippen molar-refractivity contribution in [1.82, 2.24) is 9.97 Å². The molecule has 4 nitrogen and oxygen atoms in total. The van der Waals surface area contributed by atoms with E-state index in [-0.39, 0.29) is 5.56 Å². The van der Waals surface area contributed by atoms with E-state index in [1.165, 1.54) is 32.0 Å². The minimum Gasteiger partial charge on any atom is -0.351 e. The maximum absolute atomic E-state index is 11.6. The fraction of sp³-hybridized carbons (Fsp3) is 0.636. The average molecular weight is 368 g/mol. The van der Waals surface area contributed by atoms with E-state index in [0.29, 0.717) is 15.5 Å². The van der Waals surface area contributed by atoms with E-state index in [4.69, 9.17) is 11.6 Å². The lowest BCUT2D eigenvalue weighted by molar-refractivity contribution is 0.612. The van der Waals surface area contributed by atoms with Crippen molar-refractivity contribution in [1.29, 1.82) is 0 Å². The summed E-state index contributed by atoms with van der Waals surface area (Å²) in [5.74, 6) is 1.34. The molecule has 0 amide bonds. The third kappa shape index (κ3) is 2.93. The molecule has 0 saturated heterocycles. The molecule has 0 bridgehead atoms. The zero-order valence-corrected chi connectivity index (χ0v) is 12.4. The van der Waals surface area contributed by atoms with E-state index in [1.807, 2.05) is 0 Å². The van der Waals surface area contributed by atoms with E-state index in [1.54, 1.807) is 0 Å². The summed E-state index contributed by atoms with van der Waals surface area (Å²) in [4.78, 5) is 20.7. The molecule has 0 aromatic carbocycles. The Balaban J connectivity index is 2.31. The Morgan fingerprint density at radius 2 is 2.24 bits per heavy atom. The Labute approximate surface area is 119 Å². The van der Waals surface area contributed by atoms with Crippen LogP contribution in [0.2, 0.25) is 0 Å². The molecular weight excluding hydrogens is 352 g/mol. The zero-order chi connectivity index (χ0) is 12.3. The number of aromatic nitrogens is 2. The SMILES string of the molecule is O=c1[nH]cnc(N(CCCl)C2CCCC2)c1I. The number of alkyl halides is 1. The smallest absolute Gasteiger partial charge is 0.266 e. The van der Waals surface area contributed by atoms with Crippen molar-refractivity contribution < 1.29 is 0 Å². The van der Waals surface area contributed by atoms with Gasteiger partial charge in [0.15, 0.2) is 0 Å². The van der Waals surface area contributed by atoms with Crippen LogP contribution in [-0.2, 0) is 0 Å². The molecule has 94 valence electrons. The van der Waals surface area contributed by atoms with Crippen molar-refractivity contribution >= 4 is 40.0 Å². The number of H-pyrrole nitrogens is 1. The van der Waals surface area contributed by atoms with Crippen LogP contribution in [0.15, 0.2) is 11.1 Å². The van der Waals surface area contributed by atoms with Gasteiger partial charge in [0, 0.05) is 18.5 Å². The Bertz CT molecular complexity index is 431. The van der Waals surface area contributed by atoms with Crippen LogP contribution in [0, 0.1) is 3.57 Å². The molecule has 1 aromatic rings. The van der Waals surface area contributed by atoms with Crippen molar-refractivity contribution in [3.63, 3.8) is 0 Å². The van der Waals surface area contributed by atoms with E-state index in [2.05, 4.69) is 37.5 Å². The Morgan fingerprint density at radius 1 is 1.53 bits per heavy atom. The summed E-state index contributed by atoms with van der Waals surface area (Å²) < 4.78 is 0.655. The molecule has 1 saturated carbocycles.